The third-order valence-electron chi connectivity index (χ3n) is 3.73. The Bertz CT molecular complexity index is 746. The molecule has 0 saturated carbocycles. The van der Waals surface area contributed by atoms with E-state index in [1.165, 1.54) is 6.07 Å². The van der Waals surface area contributed by atoms with E-state index in [9.17, 15) is 13.6 Å². The number of hydrogen-bond acceptors (Lipinski definition) is 3. The van der Waals surface area contributed by atoms with Crippen molar-refractivity contribution >= 4 is 11.7 Å². The maximum atomic E-state index is 12.5. The summed E-state index contributed by atoms with van der Waals surface area (Å²) in [6, 6.07) is 9.97. The highest BCUT2D eigenvalue weighted by Gasteiger charge is 2.14. The van der Waals surface area contributed by atoms with E-state index in [1.807, 2.05) is 32.0 Å². The molecule has 26 heavy (non-hydrogen) atoms. The maximum Gasteiger partial charge on any atom is 0.387 e. The van der Waals surface area contributed by atoms with Crippen LogP contribution in [-0.2, 0) is 0 Å². The minimum Gasteiger partial charge on any atom is -0.491 e. The summed E-state index contributed by atoms with van der Waals surface area (Å²) in [6.45, 7) is 3.17. The van der Waals surface area contributed by atoms with Gasteiger partial charge in [0.1, 0.15) is 18.1 Å². The van der Waals surface area contributed by atoms with Crippen molar-refractivity contribution in [3.8, 4) is 11.5 Å². The number of ether oxygens (including phenoxy) is 2. The Morgan fingerprint density at radius 3 is 2.31 bits per heavy atom. The van der Waals surface area contributed by atoms with Gasteiger partial charge in [0.2, 0.25) is 0 Å². The van der Waals surface area contributed by atoms with Gasteiger partial charge in [-0.15, -0.1) is 0 Å². The molecule has 2 amide bonds. The van der Waals surface area contributed by atoms with Crippen molar-refractivity contribution in [2.45, 2.75) is 27.4 Å². The lowest BCUT2D eigenvalue weighted by molar-refractivity contribution is -0.0493. The third-order valence-corrected chi connectivity index (χ3v) is 3.73. The number of benzene rings is 2. The predicted octanol–water partition coefficient (Wildman–Crippen LogP) is 4.41. The van der Waals surface area contributed by atoms with Gasteiger partial charge in [0.15, 0.2) is 0 Å². The SMILES string of the molecule is Cc1cccc(OC(F)F)c1NC(=O)NCCOc1c(C)cccc1C. The molecule has 2 aromatic rings. The molecule has 0 unspecified atom stereocenters. The van der Waals surface area contributed by atoms with Crippen LogP contribution in [0.4, 0.5) is 19.3 Å². The Morgan fingerprint density at radius 1 is 1.04 bits per heavy atom. The number of halogens is 2. The van der Waals surface area contributed by atoms with Crippen LogP contribution in [0, 0.1) is 20.8 Å². The normalized spacial score (nSPS) is 10.5. The van der Waals surface area contributed by atoms with E-state index in [1.54, 1.807) is 19.1 Å². The number of urea groups is 1. The molecule has 0 aliphatic heterocycles. The second-order valence-electron chi connectivity index (χ2n) is 5.78. The van der Waals surface area contributed by atoms with Gasteiger partial charge in [0, 0.05) is 0 Å². The van der Waals surface area contributed by atoms with Crippen molar-refractivity contribution in [1.82, 2.24) is 5.32 Å². The summed E-state index contributed by atoms with van der Waals surface area (Å²) < 4.78 is 35.1. The van der Waals surface area contributed by atoms with Crippen molar-refractivity contribution < 1.29 is 23.0 Å². The fourth-order valence-corrected chi connectivity index (χ4v) is 2.50. The highest BCUT2D eigenvalue weighted by molar-refractivity contribution is 5.91. The summed E-state index contributed by atoms with van der Waals surface area (Å²) in [5, 5.41) is 5.17. The van der Waals surface area contributed by atoms with Crippen LogP contribution >= 0.6 is 0 Å². The first-order valence-corrected chi connectivity index (χ1v) is 8.16. The minimum atomic E-state index is -2.97. The van der Waals surface area contributed by atoms with Gasteiger partial charge >= 0.3 is 12.6 Å². The number of anilines is 1. The average molecular weight is 364 g/mol. The number of alkyl halides is 2. The molecule has 0 aromatic heterocycles. The zero-order valence-corrected chi connectivity index (χ0v) is 14.9. The molecular formula is C19H22F2N2O3. The number of para-hydroxylation sites is 2. The average Bonchev–Trinajstić information content (AvgIpc) is 2.56. The number of rotatable bonds is 7. The van der Waals surface area contributed by atoms with Crippen LogP contribution in [0.25, 0.3) is 0 Å². The fourth-order valence-electron chi connectivity index (χ4n) is 2.50. The van der Waals surface area contributed by atoms with Gasteiger partial charge in [-0.05, 0) is 43.5 Å². The zero-order valence-electron chi connectivity index (χ0n) is 14.9. The molecule has 0 radical (unpaired) electrons. The summed E-state index contributed by atoms with van der Waals surface area (Å²) in [6.07, 6.45) is 0. The lowest BCUT2D eigenvalue weighted by atomic mass is 10.1. The minimum absolute atomic E-state index is 0.0815. The van der Waals surface area contributed by atoms with Crippen LogP contribution in [-0.4, -0.2) is 25.8 Å². The van der Waals surface area contributed by atoms with Crippen LogP contribution < -0.4 is 20.1 Å². The van der Waals surface area contributed by atoms with Crippen LogP contribution in [0.15, 0.2) is 36.4 Å². The summed E-state index contributed by atoms with van der Waals surface area (Å²) >= 11 is 0. The van der Waals surface area contributed by atoms with Gasteiger partial charge in [0.25, 0.3) is 0 Å². The number of aryl methyl sites for hydroxylation is 3. The molecule has 0 atom stereocenters. The van der Waals surface area contributed by atoms with Crippen LogP contribution in [0.2, 0.25) is 0 Å². The molecule has 7 heteroatoms. The number of carbonyl (C=O) groups is 1. The molecule has 0 saturated heterocycles. The summed E-state index contributed by atoms with van der Waals surface area (Å²) in [7, 11) is 0. The van der Waals surface area contributed by atoms with E-state index >= 15 is 0 Å². The Hall–Kier alpha value is -2.83. The molecular weight excluding hydrogens is 342 g/mol. The molecule has 0 bridgehead atoms. The number of amides is 2. The lowest BCUT2D eigenvalue weighted by Crippen LogP contribution is -2.32. The Kier molecular flexibility index (Phi) is 6.77. The van der Waals surface area contributed by atoms with Crippen LogP contribution in [0.1, 0.15) is 16.7 Å². The van der Waals surface area contributed by atoms with Crippen LogP contribution in [0.3, 0.4) is 0 Å². The third kappa shape index (κ3) is 5.34. The van der Waals surface area contributed by atoms with Gasteiger partial charge in [-0.2, -0.15) is 8.78 Å². The summed E-state index contributed by atoms with van der Waals surface area (Å²) in [5.74, 6) is 0.711. The molecule has 2 N–H and O–H groups in total. The quantitative estimate of drug-likeness (QED) is 0.715. The summed E-state index contributed by atoms with van der Waals surface area (Å²) in [5.41, 5.74) is 2.86. The van der Waals surface area contributed by atoms with Crippen molar-refractivity contribution in [3.05, 3.63) is 53.1 Å². The first-order chi connectivity index (χ1) is 12.4. The Morgan fingerprint density at radius 2 is 1.65 bits per heavy atom. The van der Waals surface area contributed by atoms with Crippen molar-refractivity contribution in [3.63, 3.8) is 0 Å². The van der Waals surface area contributed by atoms with E-state index in [0.717, 1.165) is 16.9 Å². The molecule has 2 aromatic carbocycles. The first kappa shape index (κ1) is 19.5. The van der Waals surface area contributed by atoms with Gasteiger partial charge < -0.3 is 20.1 Å². The lowest BCUT2D eigenvalue weighted by Gasteiger charge is -2.15. The van der Waals surface area contributed by atoms with E-state index in [4.69, 9.17) is 4.74 Å². The summed E-state index contributed by atoms with van der Waals surface area (Å²) in [4.78, 5) is 12.0. The highest BCUT2D eigenvalue weighted by atomic mass is 19.3. The van der Waals surface area contributed by atoms with E-state index in [2.05, 4.69) is 15.4 Å². The predicted molar refractivity (Wildman–Crippen MR) is 96.2 cm³/mol. The Labute approximate surface area is 151 Å². The molecule has 0 aliphatic carbocycles. The van der Waals surface area contributed by atoms with Crippen molar-refractivity contribution in [2.24, 2.45) is 0 Å². The van der Waals surface area contributed by atoms with Crippen molar-refractivity contribution in [2.75, 3.05) is 18.5 Å². The van der Waals surface area contributed by atoms with Crippen LogP contribution in [0.5, 0.6) is 11.5 Å². The molecule has 0 fully saturated rings. The van der Waals surface area contributed by atoms with Gasteiger partial charge in [0.05, 0.1) is 12.2 Å². The van der Waals surface area contributed by atoms with Crippen molar-refractivity contribution in [1.29, 1.82) is 0 Å². The van der Waals surface area contributed by atoms with E-state index in [-0.39, 0.29) is 24.6 Å². The topological polar surface area (TPSA) is 59.6 Å². The van der Waals surface area contributed by atoms with Gasteiger partial charge in [-0.3, -0.25) is 0 Å². The largest absolute Gasteiger partial charge is 0.491 e. The number of carbonyl (C=O) groups excluding carboxylic acids is 1. The smallest absolute Gasteiger partial charge is 0.387 e. The zero-order chi connectivity index (χ0) is 19.1. The molecule has 140 valence electrons. The number of nitrogens with one attached hydrogen (secondary N) is 2. The van der Waals surface area contributed by atoms with Gasteiger partial charge in [-0.1, -0.05) is 30.3 Å². The first-order valence-electron chi connectivity index (χ1n) is 8.16. The molecule has 0 aliphatic rings. The number of hydrogen-bond donors (Lipinski definition) is 2. The Balaban J connectivity index is 1.88. The van der Waals surface area contributed by atoms with E-state index in [0.29, 0.717) is 5.56 Å². The van der Waals surface area contributed by atoms with Gasteiger partial charge in [-0.25, -0.2) is 4.79 Å². The second kappa shape index (κ2) is 9.03. The standard InChI is InChI=1S/C19H22F2N2O3/c1-12-6-5-9-15(26-18(20)21)16(12)23-19(24)22-10-11-25-17-13(2)7-4-8-14(17)3/h4-9,18H,10-11H2,1-3H3,(H2,22,23,24). The molecule has 0 heterocycles. The highest BCUT2D eigenvalue weighted by Crippen LogP contribution is 2.29. The second-order valence-corrected chi connectivity index (χ2v) is 5.78. The molecule has 5 nitrogen and oxygen atoms in total. The fraction of sp³-hybridized carbons (Fsp3) is 0.316. The molecule has 2 rings (SSSR count). The van der Waals surface area contributed by atoms with E-state index < -0.39 is 12.6 Å². The maximum absolute atomic E-state index is 12.5. The molecule has 0 spiro atoms. The monoisotopic (exact) mass is 364 g/mol.